The molecule has 1 unspecified atom stereocenters. The van der Waals surface area contributed by atoms with Crippen LogP contribution in [0.3, 0.4) is 0 Å². The molecular weight excluding hydrogens is 220 g/mol. The van der Waals surface area contributed by atoms with Gasteiger partial charge in [-0.2, -0.15) is 0 Å². The van der Waals surface area contributed by atoms with Crippen LogP contribution in [0.5, 0.6) is 0 Å². The van der Waals surface area contributed by atoms with Crippen molar-refractivity contribution in [3.05, 3.63) is 45.7 Å². The molecule has 0 aliphatic rings. The number of hydrazine groups is 1. The van der Waals surface area contributed by atoms with Gasteiger partial charge in [-0.05, 0) is 36.4 Å². The largest absolute Gasteiger partial charge is 0.270 e. The molecule has 0 bridgehead atoms. The number of thiophene rings is 1. The molecule has 0 aliphatic carbocycles. The summed E-state index contributed by atoms with van der Waals surface area (Å²) in [6, 6.07) is 1.92. The van der Waals surface area contributed by atoms with Gasteiger partial charge in [0.25, 0.3) is 0 Å². The zero-order chi connectivity index (χ0) is 11.5. The molecule has 2 heterocycles. The Morgan fingerprint density at radius 1 is 1.31 bits per heavy atom. The van der Waals surface area contributed by atoms with E-state index in [9.17, 15) is 0 Å². The zero-order valence-corrected chi connectivity index (χ0v) is 10.1. The first kappa shape index (κ1) is 11.2. The van der Waals surface area contributed by atoms with E-state index in [1.165, 1.54) is 4.88 Å². The predicted octanol–water partition coefficient (Wildman–Crippen LogP) is 1.71. The lowest BCUT2D eigenvalue weighted by Gasteiger charge is -2.14. The second-order valence-corrected chi connectivity index (χ2v) is 4.77. The summed E-state index contributed by atoms with van der Waals surface area (Å²) < 4.78 is 0. The van der Waals surface area contributed by atoms with Gasteiger partial charge in [-0.15, -0.1) is 11.3 Å². The molecule has 0 aromatic carbocycles. The van der Waals surface area contributed by atoms with Crippen molar-refractivity contribution in [2.45, 2.75) is 19.9 Å². The molecule has 0 radical (unpaired) electrons. The van der Waals surface area contributed by atoms with Gasteiger partial charge in [-0.25, -0.2) is 15.4 Å². The van der Waals surface area contributed by atoms with Gasteiger partial charge in [0, 0.05) is 17.3 Å². The fourth-order valence-electron chi connectivity index (χ4n) is 1.55. The van der Waals surface area contributed by atoms with E-state index in [4.69, 9.17) is 5.84 Å². The molecule has 3 N–H and O–H groups in total. The van der Waals surface area contributed by atoms with Crippen LogP contribution in [0.25, 0.3) is 0 Å². The summed E-state index contributed by atoms with van der Waals surface area (Å²) >= 11 is 1.69. The number of nitrogens with two attached hydrogens (primary N) is 1. The Balaban J connectivity index is 2.37. The van der Waals surface area contributed by atoms with E-state index in [1.54, 1.807) is 23.7 Å². The van der Waals surface area contributed by atoms with Gasteiger partial charge in [0.2, 0.25) is 0 Å². The van der Waals surface area contributed by atoms with Gasteiger partial charge >= 0.3 is 0 Å². The highest BCUT2D eigenvalue weighted by Crippen LogP contribution is 2.25. The lowest BCUT2D eigenvalue weighted by atomic mass is 10.1. The van der Waals surface area contributed by atoms with Crippen LogP contribution < -0.4 is 11.3 Å². The van der Waals surface area contributed by atoms with E-state index in [1.807, 2.05) is 18.4 Å². The maximum absolute atomic E-state index is 5.58. The molecule has 0 aliphatic heterocycles. The first-order valence-corrected chi connectivity index (χ1v) is 5.89. The molecule has 84 valence electrons. The Kier molecular flexibility index (Phi) is 3.28. The number of rotatable bonds is 3. The number of hydrogen-bond acceptors (Lipinski definition) is 5. The van der Waals surface area contributed by atoms with Crippen LogP contribution >= 0.6 is 11.3 Å². The SMILES string of the molecule is Cc1cnc(C(NN)c2ccsc2C)nc1. The molecule has 0 fully saturated rings. The van der Waals surface area contributed by atoms with Crippen LogP contribution in [0.1, 0.15) is 27.9 Å². The molecule has 0 amide bonds. The highest BCUT2D eigenvalue weighted by Gasteiger charge is 2.17. The summed E-state index contributed by atoms with van der Waals surface area (Å²) in [5, 5.41) is 2.04. The van der Waals surface area contributed by atoms with Crippen LogP contribution in [0.2, 0.25) is 0 Å². The Labute approximate surface area is 98.5 Å². The summed E-state index contributed by atoms with van der Waals surface area (Å²) in [5.74, 6) is 6.28. The molecule has 2 aromatic rings. The zero-order valence-electron chi connectivity index (χ0n) is 9.27. The van der Waals surface area contributed by atoms with Crippen molar-refractivity contribution >= 4 is 11.3 Å². The van der Waals surface area contributed by atoms with Crippen molar-refractivity contribution in [1.29, 1.82) is 0 Å². The third kappa shape index (κ3) is 2.11. The van der Waals surface area contributed by atoms with Crippen LogP contribution in [-0.4, -0.2) is 9.97 Å². The van der Waals surface area contributed by atoms with E-state index in [2.05, 4.69) is 22.3 Å². The van der Waals surface area contributed by atoms with Crippen molar-refractivity contribution in [1.82, 2.24) is 15.4 Å². The van der Waals surface area contributed by atoms with Gasteiger partial charge < -0.3 is 0 Å². The summed E-state index contributed by atoms with van der Waals surface area (Å²) in [4.78, 5) is 9.82. The van der Waals surface area contributed by atoms with Gasteiger partial charge in [-0.3, -0.25) is 5.84 Å². The lowest BCUT2D eigenvalue weighted by molar-refractivity contribution is 0.600. The number of nitrogens with one attached hydrogen (secondary N) is 1. The van der Waals surface area contributed by atoms with E-state index in [-0.39, 0.29) is 6.04 Å². The van der Waals surface area contributed by atoms with Gasteiger partial charge in [0.15, 0.2) is 5.82 Å². The second-order valence-electron chi connectivity index (χ2n) is 3.65. The van der Waals surface area contributed by atoms with Crippen molar-refractivity contribution in [3.8, 4) is 0 Å². The van der Waals surface area contributed by atoms with Crippen LogP contribution in [0.15, 0.2) is 23.8 Å². The summed E-state index contributed by atoms with van der Waals surface area (Å²) in [7, 11) is 0. The first-order chi connectivity index (χ1) is 7.72. The number of nitrogens with zero attached hydrogens (tertiary/aromatic N) is 2. The maximum atomic E-state index is 5.58. The van der Waals surface area contributed by atoms with Gasteiger partial charge in [0.1, 0.15) is 6.04 Å². The average Bonchev–Trinajstić information content (AvgIpc) is 2.69. The second kappa shape index (κ2) is 4.69. The molecule has 0 saturated carbocycles. The molecule has 0 saturated heterocycles. The maximum Gasteiger partial charge on any atom is 0.150 e. The Bertz CT molecular complexity index is 463. The van der Waals surface area contributed by atoms with E-state index < -0.39 is 0 Å². The molecule has 4 nitrogen and oxygen atoms in total. The molecule has 2 rings (SSSR count). The molecule has 1 atom stereocenters. The van der Waals surface area contributed by atoms with Gasteiger partial charge in [0.05, 0.1) is 0 Å². The normalized spacial score (nSPS) is 12.7. The number of aryl methyl sites for hydroxylation is 2. The molecule has 0 spiro atoms. The smallest absolute Gasteiger partial charge is 0.150 e. The van der Waals surface area contributed by atoms with Crippen molar-refractivity contribution in [3.63, 3.8) is 0 Å². The van der Waals surface area contributed by atoms with Crippen molar-refractivity contribution in [2.24, 2.45) is 5.84 Å². The third-order valence-electron chi connectivity index (χ3n) is 2.44. The summed E-state index contributed by atoms with van der Waals surface area (Å²) in [5.41, 5.74) is 4.94. The molecule has 5 heteroatoms. The first-order valence-electron chi connectivity index (χ1n) is 5.01. The minimum absolute atomic E-state index is 0.133. The minimum atomic E-state index is -0.133. The standard InChI is InChI=1S/C11H14N4S/c1-7-5-13-11(14-6-7)10(15-12)9-3-4-16-8(9)2/h3-6,10,15H,12H2,1-2H3. The van der Waals surface area contributed by atoms with Crippen LogP contribution in [-0.2, 0) is 0 Å². The summed E-state index contributed by atoms with van der Waals surface area (Å²) in [6.45, 7) is 4.03. The topological polar surface area (TPSA) is 63.8 Å². The van der Waals surface area contributed by atoms with E-state index in [0.29, 0.717) is 5.82 Å². The van der Waals surface area contributed by atoms with Crippen LogP contribution in [0, 0.1) is 13.8 Å². The highest BCUT2D eigenvalue weighted by molar-refractivity contribution is 7.10. The van der Waals surface area contributed by atoms with Crippen LogP contribution in [0.4, 0.5) is 0 Å². The molecular formula is C11H14N4S. The number of hydrogen-bond donors (Lipinski definition) is 2. The Morgan fingerprint density at radius 3 is 2.50 bits per heavy atom. The predicted molar refractivity (Wildman–Crippen MR) is 65.0 cm³/mol. The van der Waals surface area contributed by atoms with Crippen molar-refractivity contribution < 1.29 is 0 Å². The highest BCUT2D eigenvalue weighted by atomic mass is 32.1. The Hall–Kier alpha value is -1.30. The Morgan fingerprint density at radius 2 is 2.00 bits per heavy atom. The molecule has 2 aromatic heterocycles. The van der Waals surface area contributed by atoms with Gasteiger partial charge in [-0.1, -0.05) is 0 Å². The number of aromatic nitrogens is 2. The minimum Gasteiger partial charge on any atom is -0.270 e. The molecule has 16 heavy (non-hydrogen) atoms. The average molecular weight is 234 g/mol. The quantitative estimate of drug-likeness (QED) is 0.627. The van der Waals surface area contributed by atoms with Crippen molar-refractivity contribution in [2.75, 3.05) is 0 Å². The van der Waals surface area contributed by atoms with E-state index in [0.717, 1.165) is 11.1 Å². The monoisotopic (exact) mass is 234 g/mol. The fourth-order valence-corrected chi connectivity index (χ4v) is 2.29. The third-order valence-corrected chi connectivity index (χ3v) is 3.30. The fraction of sp³-hybridized carbons (Fsp3) is 0.273. The van der Waals surface area contributed by atoms with E-state index >= 15 is 0 Å². The summed E-state index contributed by atoms with van der Waals surface area (Å²) in [6.07, 6.45) is 3.60. The lowest BCUT2D eigenvalue weighted by Crippen LogP contribution is -2.30.